The molecule has 0 atom stereocenters. The normalized spacial score (nSPS) is 14.9. The van der Waals surface area contributed by atoms with Crippen molar-refractivity contribution in [2.75, 3.05) is 19.8 Å². The average molecular weight is 505 g/mol. The quantitative estimate of drug-likeness (QED) is 0.544. The van der Waals surface area contributed by atoms with Crippen molar-refractivity contribution < 1.29 is 23.9 Å². The molecule has 1 heterocycles. The summed E-state index contributed by atoms with van der Waals surface area (Å²) >= 11 is 4.22. The van der Waals surface area contributed by atoms with Crippen LogP contribution in [0.1, 0.15) is 16.7 Å². The van der Waals surface area contributed by atoms with Gasteiger partial charge in [-0.3, -0.25) is 19.3 Å². The van der Waals surface area contributed by atoms with Gasteiger partial charge in [0, 0.05) is 10.0 Å². The van der Waals surface area contributed by atoms with Crippen LogP contribution >= 0.6 is 27.7 Å². The van der Waals surface area contributed by atoms with Gasteiger partial charge in [0.25, 0.3) is 17.1 Å². The van der Waals surface area contributed by atoms with Crippen molar-refractivity contribution in [3.05, 3.63) is 62.5 Å². The first kappa shape index (κ1) is 22.9. The summed E-state index contributed by atoms with van der Waals surface area (Å²) in [6.07, 6.45) is 1.57. The molecule has 0 saturated carbocycles. The zero-order valence-electron chi connectivity index (χ0n) is 17.0. The first-order valence-corrected chi connectivity index (χ1v) is 11.0. The van der Waals surface area contributed by atoms with Crippen LogP contribution in [-0.2, 0) is 9.59 Å². The van der Waals surface area contributed by atoms with Crippen LogP contribution in [0.5, 0.6) is 11.5 Å². The molecule has 9 heteroatoms. The number of halogens is 1. The first-order valence-electron chi connectivity index (χ1n) is 9.40. The van der Waals surface area contributed by atoms with Gasteiger partial charge in [-0.25, -0.2) is 0 Å². The lowest BCUT2D eigenvalue weighted by Crippen LogP contribution is -2.32. The van der Waals surface area contributed by atoms with Crippen LogP contribution in [0.3, 0.4) is 0 Å². The molecule has 1 saturated heterocycles. The molecule has 3 amide bonds. The Bertz CT molecular complexity index is 1070. The molecule has 0 aromatic heterocycles. The number of carbonyl (C=O) groups is 3. The SMILES string of the molecule is Cc1ccc(C)c(OCCN2C(=O)S/C(=C\c3cc(Br)ccc3OCC(N)=O)C2=O)c1. The lowest BCUT2D eigenvalue weighted by Gasteiger charge is -2.14. The highest BCUT2D eigenvalue weighted by Gasteiger charge is 2.35. The van der Waals surface area contributed by atoms with Gasteiger partial charge in [-0.2, -0.15) is 0 Å². The third-order valence-electron chi connectivity index (χ3n) is 4.42. The molecule has 0 aliphatic carbocycles. The largest absolute Gasteiger partial charge is 0.491 e. The molecule has 0 bridgehead atoms. The van der Waals surface area contributed by atoms with Crippen molar-refractivity contribution in [2.24, 2.45) is 5.73 Å². The molecule has 1 fully saturated rings. The van der Waals surface area contributed by atoms with Crippen LogP contribution in [-0.4, -0.2) is 41.7 Å². The number of primary amides is 1. The van der Waals surface area contributed by atoms with Crippen molar-refractivity contribution in [1.29, 1.82) is 0 Å². The van der Waals surface area contributed by atoms with E-state index >= 15 is 0 Å². The molecule has 1 aliphatic heterocycles. The monoisotopic (exact) mass is 504 g/mol. The second kappa shape index (κ2) is 10.0. The van der Waals surface area contributed by atoms with E-state index in [4.69, 9.17) is 15.2 Å². The number of aryl methyl sites for hydroxylation is 2. The number of hydrogen-bond donors (Lipinski definition) is 1. The van der Waals surface area contributed by atoms with Gasteiger partial charge in [0.15, 0.2) is 6.61 Å². The Morgan fingerprint density at radius 2 is 1.90 bits per heavy atom. The van der Waals surface area contributed by atoms with Gasteiger partial charge in [0.05, 0.1) is 11.4 Å². The summed E-state index contributed by atoms with van der Waals surface area (Å²) < 4.78 is 11.9. The molecule has 1 aliphatic rings. The van der Waals surface area contributed by atoms with Crippen LogP contribution in [0.4, 0.5) is 4.79 Å². The van der Waals surface area contributed by atoms with Gasteiger partial charge in [-0.15, -0.1) is 0 Å². The number of nitrogens with two attached hydrogens (primary N) is 1. The van der Waals surface area contributed by atoms with Gasteiger partial charge in [0.2, 0.25) is 0 Å². The predicted octanol–water partition coefficient (Wildman–Crippen LogP) is 4.05. The fourth-order valence-corrected chi connectivity index (χ4v) is 4.09. The molecule has 0 unspecified atom stereocenters. The van der Waals surface area contributed by atoms with Crippen molar-refractivity contribution in [2.45, 2.75) is 13.8 Å². The second-order valence-electron chi connectivity index (χ2n) is 6.89. The minimum absolute atomic E-state index is 0.138. The van der Waals surface area contributed by atoms with E-state index in [1.54, 1.807) is 24.3 Å². The number of nitrogens with zero attached hydrogens (tertiary/aromatic N) is 1. The molecule has 3 rings (SSSR count). The van der Waals surface area contributed by atoms with E-state index in [-0.39, 0.29) is 29.9 Å². The van der Waals surface area contributed by atoms with Crippen LogP contribution in [0.2, 0.25) is 0 Å². The van der Waals surface area contributed by atoms with E-state index in [1.165, 1.54) is 0 Å². The number of hydrogen-bond acceptors (Lipinski definition) is 6. The van der Waals surface area contributed by atoms with Crippen LogP contribution in [0, 0.1) is 13.8 Å². The summed E-state index contributed by atoms with van der Waals surface area (Å²) in [6.45, 7) is 3.95. The molecule has 0 radical (unpaired) electrons. The van der Waals surface area contributed by atoms with Gasteiger partial charge in [-0.1, -0.05) is 28.1 Å². The minimum atomic E-state index is -0.613. The van der Waals surface area contributed by atoms with Crippen LogP contribution in [0.25, 0.3) is 6.08 Å². The predicted molar refractivity (Wildman–Crippen MR) is 123 cm³/mol. The zero-order chi connectivity index (χ0) is 22.5. The lowest BCUT2D eigenvalue weighted by molar-refractivity contribution is -0.123. The Labute approximate surface area is 192 Å². The van der Waals surface area contributed by atoms with Gasteiger partial charge < -0.3 is 15.2 Å². The molecule has 2 N–H and O–H groups in total. The number of benzene rings is 2. The van der Waals surface area contributed by atoms with Crippen molar-refractivity contribution >= 4 is 50.8 Å². The highest BCUT2D eigenvalue weighted by atomic mass is 79.9. The molecule has 31 heavy (non-hydrogen) atoms. The Kier molecular flexibility index (Phi) is 7.40. The second-order valence-corrected chi connectivity index (χ2v) is 8.80. The maximum atomic E-state index is 12.8. The summed E-state index contributed by atoms with van der Waals surface area (Å²) in [5.74, 6) is 0.0957. The fraction of sp³-hybridized carbons (Fsp3) is 0.227. The van der Waals surface area contributed by atoms with E-state index in [1.807, 2.05) is 32.0 Å². The van der Waals surface area contributed by atoms with Crippen molar-refractivity contribution in [1.82, 2.24) is 4.90 Å². The molecule has 162 valence electrons. The number of imide groups is 1. The molecule has 0 spiro atoms. The molecule has 2 aromatic carbocycles. The number of ether oxygens (including phenoxy) is 2. The van der Waals surface area contributed by atoms with Gasteiger partial charge in [-0.05, 0) is 67.1 Å². The molecular formula is C22H21BrN2O5S. The number of amides is 3. The number of carbonyl (C=O) groups excluding carboxylic acids is 3. The third kappa shape index (κ3) is 5.89. The topological polar surface area (TPSA) is 98.9 Å². The van der Waals surface area contributed by atoms with Gasteiger partial charge in [0.1, 0.15) is 18.1 Å². The van der Waals surface area contributed by atoms with E-state index in [9.17, 15) is 14.4 Å². The number of thioether (sulfide) groups is 1. The van der Waals surface area contributed by atoms with Crippen LogP contribution < -0.4 is 15.2 Å². The summed E-state index contributed by atoms with van der Waals surface area (Å²) in [5, 5.41) is -0.365. The summed E-state index contributed by atoms with van der Waals surface area (Å²) in [5.41, 5.74) is 7.74. The summed E-state index contributed by atoms with van der Waals surface area (Å²) in [7, 11) is 0. The van der Waals surface area contributed by atoms with Crippen molar-refractivity contribution in [3.63, 3.8) is 0 Å². The smallest absolute Gasteiger partial charge is 0.293 e. The highest BCUT2D eigenvalue weighted by molar-refractivity contribution is 9.10. The average Bonchev–Trinajstić information content (AvgIpc) is 2.97. The van der Waals surface area contributed by atoms with E-state index in [0.29, 0.717) is 11.3 Å². The molecule has 2 aromatic rings. The fourth-order valence-electron chi connectivity index (χ4n) is 2.86. The first-order chi connectivity index (χ1) is 14.7. The minimum Gasteiger partial charge on any atom is -0.491 e. The van der Waals surface area contributed by atoms with E-state index in [2.05, 4.69) is 15.9 Å². The summed E-state index contributed by atoms with van der Waals surface area (Å²) in [6, 6.07) is 11.0. The number of rotatable bonds is 8. The Hall–Kier alpha value is -2.78. The van der Waals surface area contributed by atoms with Crippen LogP contribution in [0.15, 0.2) is 45.8 Å². The zero-order valence-corrected chi connectivity index (χ0v) is 19.4. The van der Waals surface area contributed by atoms with E-state index in [0.717, 1.165) is 38.0 Å². The maximum Gasteiger partial charge on any atom is 0.293 e. The Morgan fingerprint density at radius 1 is 1.13 bits per heavy atom. The van der Waals surface area contributed by atoms with Gasteiger partial charge >= 0.3 is 0 Å². The molecule has 7 nitrogen and oxygen atoms in total. The lowest BCUT2D eigenvalue weighted by atomic mass is 10.1. The highest BCUT2D eigenvalue weighted by Crippen LogP contribution is 2.35. The maximum absolute atomic E-state index is 12.8. The molecular weight excluding hydrogens is 484 g/mol. The Balaban J connectivity index is 1.71. The third-order valence-corrected chi connectivity index (χ3v) is 5.82. The van der Waals surface area contributed by atoms with Crippen molar-refractivity contribution in [3.8, 4) is 11.5 Å². The standard InChI is InChI=1S/C22H21BrN2O5S/c1-13-3-4-14(2)18(9-13)29-8-7-25-21(27)19(31-22(25)28)11-15-10-16(23)5-6-17(15)30-12-20(24)26/h3-6,9-11H,7-8,12H2,1-2H3,(H2,24,26)/b19-11-. The Morgan fingerprint density at radius 3 is 2.65 bits per heavy atom. The van der Waals surface area contributed by atoms with E-state index < -0.39 is 11.8 Å². The summed E-state index contributed by atoms with van der Waals surface area (Å²) in [4.78, 5) is 37.6.